The van der Waals surface area contributed by atoms with Gasteiger partial charge in [0.2, 0.25) is 17.7 Å². The molecule has 1 saturated carbocycles. The summed E-state index contributed by atoms with van der Waals surface area (Å²) < 4.78 is 5.03. The van der Waals surface area contributed by atoms with Gasteiger partial charge in [-0.05, 0) is 25.0 Å². The Kier molecular flexibility index (Phi) is 8.05. The molecule has 2 aliphatic heterocycles. The Morgan fingerprint density at radius 3 is 1.89 bits per heavy atom. The number of hydrogen-bond acceptors (Lipinski definition) is 8. The molecule has 4 rings (SSSR count). The number of carbonyl (C=O) groups excluding carboxylic acids is 4. The van der Waals surface area contributed by atoms with Gasteiger partial charge >= 0.3 is 11.9 Å². The number of carboxylic acids is 2. The smallest absolute Gasteiger partial charge is 0.326 e. The summed E-state index contributed by atoms with van der Waals surface area (Å²) >= 11 is 0.956. The maximum Gasteiger partial charge on any atom is 0.326 e. The van der Waals surface area contributed by atoms with Crippen LogP contribution in [0.15, 0.2) is 22.8 Å². The number of thioether (sulfide) groups is 1. The van der Waals surface area contributed by atoms with E-state index in [0.29, 0.717) is 0 Å². The predicted molar refractivity (Wildman–Crippen MR) is 127 cm³/mol. The summed E-state index contributed by atoms with van der Waals surface area (Å²) in [6.07, 6.45) is 3.10. The average Bonchev–Trinajstić information content (AvgIpc) is 3.23. The number of carboxylic acid groups (broad SMARTS) is 2. The molecule has 1 aliphatic carbocycles. The van der Waals surface area contributed by atoms with Crippen molar-refractivity contribution >= 4 is 47.3 Å². The lowest BCUT2D eigenvalue weighted by molar-refractivity contribution is -0.147. The molecule has 4 atom stereocenters. The van der Waals surface area contributed by atoms with Gasteiger partial charge in [0, 0.05) is 43.9 Å². The van der Waals surface area contributed by atoms with Crippen LogP contribution in [0.2, 0.25) is 0 Å². The zero-order valence-electron chi connectivity index (χ0n) is 19.8. The molecule has 3 fully saturated rings. The zero-order valence-corrected chi connectivity index (χ0v) is 20.6. The predicted octanol–water partition coefficient (Wildman–Crippen LogP) is -0.623. The number of carbonyl (C=O) groups is 6. The van der Waals surface area contributed by atoms with E-state index >= 15 is 0 Å². The van der Waals surface area contributed by atoms with Crippen molar-refractivity contribution in [3.05, 3.63) is 24.2 Å². The molecule has 4 N–H and O–H groups in total. The van der Waals surface area contributed by atoms with Crippen LogP contribution in [-0.4, -0.2) is 104 Å². The van der Waals surface area contributed by atoms with Crippen LogP contribution in [0, 0.1) is 5.92 Å². The summed E-state index contributed by atoms with van der Waals surface area (Å²) in [5, 5.41) is 24.6. The number of likely N-dealkylation sites (tertiary alicyclic amines) is 2. The Balaban J connectivity index is 1.27. The highest BCUT2D eigenvalue weighted by molar-refractivity contribution is 8.00. The van der Waals surface area contributed by atoms with Crippen molar-refractivity contribution in [2.45, 2.75) is 49.9 Å². The van der Waals surface area contributed by atoms with Gasteiger partial charge in [-0.25, -0.2) is 9.59 Å². The van der Waals surface area contributed by atoms with Crippen molar-refractivity contribution in [1.82, 2.24) is 20.4 Å². The van der Waals surface area contributed by atoms with Crippen molar-refractivity contribution in [2.24, 2.45) is 5.92 Å². The Hall–Kier alpha value is -3.55. The number of hydrogen-bond donors (Lipinski definition) is 4. The number of furan rings is 1. The van der Waals surface area contributed by atoms with E-state index in [1.54, 1.807) is 6.07 Å². The molecule has 4 unspecified atom stereocenters. The van der Waals surface area contributed by atoms with Crippen LogP contribution in [0.5, 0.6) is 0 Å². The van der Waals surface area contributed by atoms with E-state index in [2.05, 4.69) is 10.6 Å². The van der Waals surface area contributed by atoms with Crippen LogP contribution in [0.4, 0.5) is 0 Å². The Labute approximate surface area is 215 Å². The standard InChI is InChI=1S/C23H28N4O9S/c28-18(26-8-13(6-15(26)22(32)33)24-20(30)12-3-4-12)10-37-11-19(29)27-9-14(7-16(27)23(34)35)25-21(31)17-2-1-5-36-17/h1-2,5,12-16H,3-4,6-11H2,(H,24,30)(H,25,31)(H,32,33)(H,34,35). The highest BCUT2D eigenvalue weighted by atomic mass is 32.2. The molecule has 0 spiro atoms. The SMILES string of the molecule is O=C(NC1CC(C(=O)O)N(C(=O)CSCC(=O)N2CC(NC(=O)C3CC3)CC2C(=O)O)C1)c1ccco1. The van der Waals surface area contributed by atoms with Crippen molar-refractivity contribution in [1.29, 1.82) is 0 Å². The van der Waals surface area contributed by atoms with Crippen molar-refractivity contribution < 1.29 is 43.4 Å². The van der Waals surface area contributed by atoms with Gasteiger partial charge in [-0.2, -0.15) is 0 Å². The second kappa shape index (κ2) is 11.2. The van der Waals surface area contributed by atoms with Crippen molar-refractivity contribution in [3.8, 4) is 0 Å². The molecule has 37 heavy (non-hydrogen) atoms. The molecule has 3 heterocycles. The average molecular weight is 537 g/mol. The molecule has 200 valence electrons. The topological polar surface area (TPSA) is 187 Å². The highest BCUT2D eigenvalue weighted by Gasteiger charge is 2.42. The van der Waals surface area contributed by atoms with Gasteiger partial charge < -0.3 is 35.1 Å². The fourth-order valence-electron chi connectivity index (χ4n) is 4.62. The van der Waals surface area contributed by atoms with Crippen LogP contribution < -0.4 is 10.6 Å². The highest BCUT2D eigenvalue weighted by Crippen LogP contribution is 2.30. The quantitative estimate of drug-likeness (QED) is 0.300. The first-order chi connectivity index (χ1) is 17.6. The minimum atomic E-state index is -1.20. The molecule has 3 aliphatic rings. The summed E-state index contributed by atoms with van der Waals surface area (Å²) in [6.45, 7) is 0.0688. The summed E-state index contributed by atoms with van der Waals surface area (Å²) in [4.78, 5) is 75.5. The molecule has 4 amide bonds. The Morgan fingerprint density at radius 1 is 0.892 bits per heavy atom. The molecule has 0 radical (unpaired) electrons. The van der Waals surface area contributed by atoms with Gasteiger partial charge in [-0.15, -0.1) is 11.8 Å². The normalized spacial score (nSPS) is 25.1. The van der Waals surface area contributed by atoms with Gasteiger partial charge in [0.15, 0.2) is 5.76 Å². The van der Waals surface area contributed by atoms with E-state index in [4.69, 9.17) is 4.42 Å². The first-order valence-corrected chi connectivity index (χ1v) is 13.1. The van der Waals surface area contributed by atoms with E-state index in [-0.39, 0.29) is 55.0 Å². The van der Waals surface area contributed by atoms with Gasteiger partial charge in [0.1, 0.15) is 12.1 Å². The molecule has 1 aromatic heterocycles. The molecule has 13 nitrogen and oxygen atoms in total. The largest absolute Gasteiger partial charge is 0.480 e. The number of rotatable bonds is 10. The third-order valence-corrected chi connectivity index (χ3v) is 7.54. The Bertz CT molecular complexity index is 1070. The van der Waals surface area contributed by atoms with Gasteiger partial charge in [-0.1, -0.05) is 0 Å². The van der Waals surface area contributed by atoms with Crippen molar-refractivity contribution in [3.63, 3.8) is 0 Å². The summed E-state index contributed by atoms with van der Waals surface area (Å²) in [5.74, 6) is -4.33. The van der Waals surface area contributed by atoms with Gasteiger partial charge in [0.05, 0.1) is 17.8 Å². The van der Waals surface area contributed by atoms with E-state index in [1.165, 1.54) is 17.2 Å². The lowest BCUT2D eigenvalue weighted by Crippen LogP contribution is -2.43. The van der Waals surface area contributed by atoms with Crippen molar-refractivity contribution in [2.75, 3.05) is 24.6 Å². The molecule has 2 saturated heterocycles. The van der Waals surface area contributed by atoms with Crippen LogP contribution in [0.1, 0.15) is 36.2 Å². The van der Waals surface area contributed by atoms with E-state index in [1.807, 2.05) is 0 Å². The molecule has 1 aromatic rings. The van der Waals surface area contributed by atoms with Gasteiger partial charge in [-0.3, -0.25) is 19.2 Å². The maximum absolute atomic E-state index is 12.8. The van der Waals surface area contributed by atoms with Gasteiger partial charge in [0.25, 0.3) is 5.91 Å². The zero-order chi connectivity index (χ0) is 26.7. The summed E-state index contributed by atoms with van der Waals surface area (Å²) in [6, 6.07) is -0.215. The molecular formula is C23H28N4O9S. The molecular weight excluding hydrogens is 508 g/mol. The monoisotopic (exact) mass is 536 g/mol. The minimum absolute atomic E-state index is 0.00760. The van der Waals surface area contributed by atoms with Crippen LogP contribution in [0.25, 0.3) is 0 Å². The lowest BCUT2D eigenvalue weighted by atomic mass is 10.1. The molecule has 14 heteroatoms. The molecule has 0 aromatic carbocycles. The number of amides is 4. The number of nitrogens with zero attached hydrogens (tertiary/aromatic N) is 2. The third-order valence-electron chi connectivity index (χ3n) is 6.64. The molecule has 0 bridgehead atoms. The maximum atomic E-state index is 12.8. The first-order valence-electron chi connectivity index (χ1n) is 11.9. The number of nitrogens with one attached hydrogen (secondary N) is 2. The van der Waals surface area contributed by atoms with E-state index in [9.17, 15) is 39.0 Å². The second-order valence-electron chi connectivity index (χ2n) is 9.39. The fourth-order valence-corrected chi connectivity index (χ4v) is 5.40. The van der Waals surface area contributed by atoms with E-state index in [0.717, 1.165) is 29.5 Å². The second-order valence-corrected chi connectivity index (χ2v) is 10.4. The van der Waals surface area contributed by atoms with Crippen LogP contribution in [-0.2, 0) is 24.0 Å². The fraction of sp³-hybridized carbons (Fsp3) is 0.565. The summed E-state index contributed by atoms with van der Waals surface area (Å²) in [7, 11) is 0. The minimum Gasteiger partial charge on any atom is -0.480 e. The van der Waals surface area contributed by atoms with E-state index < -0.39 is 53.8 Å². The lowest BCUT2D eigenvalue weighted by Gasteiger charge is -2.23. The Morgan fingerprint density at radius 2 is 1.43 bits per heavy atom. The summed E-state index contributed by atoms with van der Waals surface area (Å²) in [5.41, 5.74) is 0. The first kappa shape index (κ1) is 26.5. The van der Waals surface area contributed by atoms with Crippen LogP contribution >= 0.6 is 11.8 Å². The van der Waals surface area contributed by atoms with Crippen LogP contribution in [0.3, 0.4) is 0 Å². The number of aliphatic carboxylic acids is 2. The third kappa shape index (κ3) is 6.42.